The van der Waals surface area contributed by atoms with Crippen molar-refractivity contribution in [1.82, 2.24) is 15.5 Å². The second-order valence-electron chi connectivity index (χ2n) is 6.98. The lowest BCUT2D eigenvalue weighted by Gasteiger charge is -2.10. The molecule has 5 nitrogen and oxygen atoms in total. The molecule has 3 rings (SSSR count). The third-order valence-electron chi connectivity index (χ3n) is 4.05. The van der Waals surface area contributed by atoms with E-state index in [0.29, 0.717) is 23.8 Å². The van der Waals surface area contributed by atoms with E-state index in [9.17, 15) is 4.79 Å². The number of hydrogen-bond donors (Lipinski definition) is 2. The van der Waals surface area contributed by atoms with Crippen molar-refractivity contribution < 1.29 is 4.79 Å². The zero-order valence-electron chi connectivity index (χ0n) is 15.9. The van der Waals surface area contributed by atoms with Crippen LogP contribution in [0.25, 0.3) is 11.3 Å². The molecule has 0 saturated heterocycles. The van der Waals surface area contributed by atoms with Gasteiger partial charge in [-0.3, -0.25) is 4.79 Å². The van der Waals surface area contributed by atoms with Gasteiger partial charge in [-0.1, -0.05) is 43.7 Å². The van der Waals surface area contributed by atoms with E-state index in [1.54, 1.807) is 6.07 Å². The van der Waals surface area contributed by atoms with Crippen LogP contribution in [0.4, 0.5) is 11.5 Å². The number of carbonyl (C=O) groups is 1. The summed E-state index contributed by atoms with van der Waals surface area (Å²) in [6.07, 6.45) is 0. The molecule has 0 unspecified atom stereocenters. The molecular weight excluding hydrogens is 336 g/mol. The number of hydrogen-bond acceptors (Lipinski definition) is 4. The first kappa shape index (κ1) is 18.6. The van der Waals surface area contributed by atoms with Crippen molar-refractivity contribution in [3.05, 3.63) is 71.8 Å². The van der Waals surface area contributed by atoms with Crippen LogP contribution in [-0.2, 0) is 0 Å². The normalized spacial score (nSPS) is 10.7. The largest absolute Gasteiger partial charge is 0.352 e. The minimum Gasteiger partial charge on any atom is -0.352 e. The number of aryl methyl sites for hydroxylation is 1. The van der Waals surface area contributed by atoms with Crippen LogP contribution in [0.1, 0.15) is 29.8 Å². The molecule has 1 heterocycles. The van der Waals surface area contributed by atoms with Crippen LogP contribution < -0.4 is 10.6 Å². The van der Waals surface area contributed by atoms with Gasteiger partial charge in [0.05, 0.1) is 5.69 Å². The molecule has 3 aromatic rings. The number of amides is 1. The van der Waals surface area contributed by atoms with Crippen LogP contribution in [0.2, 0.25) is 0 Å². The number of carbonyl (C=O) groups excluding carboxylic acids is 1. The van der Waals surface area contributed by atoms with Crippen molar-refractivity contribution in [1.29, 1.82) is 0 Å². The first-order valence-corrected chi connectivity index (χ1v) is 9.07. The first-order chi connectivity index (χ1) is 13.0. The van der Waals surface area contributed by atoms with Crippen molar-refractivity contribution in [2.24, 2.45) is 5.92 Å². The SMILES string of the molecule is Cc1cccc(-c2ccc(Nc3cccc(C(=O)NCC(C)C)c3)nn2)c1. The van der Waals surface area contributed by atoms with Crippen molar-refractivity contribution in [3.63, 3.8) is 0 Å². The monoisotopic (exact) mass is 360 g/mol. The minimum atomic E-state index is -0.0757. The number of rotatable bonds is 6. The van der Waals surface area contributed by atoms with Gasteiger partial charge in [0.2, 0.25) is 0 Å². The highest BCUT2D eigenvalue weighted by Gasteiger charge is 2.07. The molecule has 0 fully saturated rings. The van der Waals surface area contributed by atoms with Crippen LogP contribution in [0, 0.1) is 12.8 Å². The van der Waals surface area contributed by atoms with Crippen molar-refractivity contribution in [3.8, 4) is 11.3 Å². The van der Waals surface area contributed by atoms with E-state index >= 15 is 0 Å². The Morgan fingerprint density at radius 3 is 2.52 bits per heavy atom. The Balaban J connectivity index is 1.70. The van der Waals surface area contributed by atoms with E-state index in [4.69, 9.17) is 0 Å². The predicted molar refractivity (Wildman–Crippen MR) is 109 cm³/mol. The molecule has 0 bridgehead atoms. The number of anilines is 2. The molecule has 0 aliphatic rings. The van der Waals surface area contributed by atoms with Crippen LogP contribution in [-0.4, -0.2) is 22.6 Å². The molecule has 1 aromatic heterocycles. The molecule has 0 atom stereocenters. The number of aromatic nitrogens is 2. The second-order valence-corrected chi connectivity index (χ2v) is 6.98. The highest BCUT2D eigenvalue weighted by Crippen LogP contribution is 2.20. The molecule has 2 N–H and O–H groups in total. The zero-order chi connectivity index (χ0) is 19.2. The molecule has 5 heteroatoms. The van der Waals surface area contributed by atoms with Gasteiger partial charge in [0.15, 0.2) is 5.82 Å². The van der Waals surface area contributed by atoms with Crippen LogP contribution in [0.5, 0.6) is 0 Å². The highest BCUT2D eigenvalue weighted by molar-refractivity contribution is 5.95. The third-order valence-corrected chi connectivity index (χ3v) is 4.05. The predicted octanol–water partition coefficient (Wildman–Crippen LogP) is 4.58. The Hall–Kier alpha value is -3.21. The molecule has 138 valence electrons. The molecule has 1 amide bonds. The average Bonchev–Trinajstić information content (AvgIpc) is 2.67. The fourth-order valence-corrected chi connectivity index (χ4v) is 2.64. The van der Waals surface area contributed by atoms with Gasteiger partial charge in [-0.05, 0) is 49.2 Å². The van der Waals surface area contributed by atoms with E-state index in [2.05, 4.69) is 53.7 Å². The summed E-state index contributed by atoms with van der Waals surface area (Å²) in [5, 5.41) is 14.7. The third kappa shape index (κ3) is 5.14. The Morgan fingerprint density at radius 1 is 1.00 bits per heavy atom. The summed E-state index contributed by atoms with van der Waals surface area (Å²) in [6, 6.07) is 19.3. The molecule has 0 aliphatic carbocycles. The Bertz CT molecular complexity index is 920. The van der Waals surface area contributed by atoms with Crippen molar-refractivity contribution in [2.45, 2.75) is 20.8 Å². The van der Waals surface area contributed by atoms with Gasteiger partial charge in [-0.25, -0.2) is 0 Å². The number of benzene rings is 2. The minimum absolute atomic E-state index is 0.0757. The van der Waals surface area contributed by atoms with E-state index in [0.717, 1.165) is 16.9 Å². The zero-order valence-corrected chi connectivity index (χ0v) is 15.9. The first-order valence-electron chi connectivity index (χ1n) is 9.07. The summed E-state index contributed by atoms with van der Waals surface area (Å²) in [5.41, 5.74) is 4.46. The smallest absolute Gasteiger partial charge is 0.251 e. The van der Waals surface area contributed by atoms with Crippen LogP contribution in [0.3, 0.4) is 0 Å². The van der Waals surface area contributed by atoms with Crippen molar-refractivity contribution in [2.75, 3.05) is 11.9 Å². The van der Waals surface area contributed by atoms with E-state index in [1.807, 2.05) is 42.5 Å². The number of nitrogens with one attached hydrogen (secondary N) is 2. The quantitative estimate of drug-likeness (QED) is 0.675. The maximum Gasteiger partial charge on any atom is 0.251 e. The van der Waals surface area contributed by atoms with Gasteiger partial charge in [-0.15, -0.1) is 10.2 Å². The fourth-order valence-electron chi connectivity index (χ4n) is 2.64. The van der Waals surface area contributed by atoms with E-state index < -0.39 is 0 Å². The van der Waals surface area contributed by atoms with Crippen molar-refractivity contribution >= 4 is 17.4 Å². The summed E-state index contributed by atoms with van der Waals surface area (Å²) in [5.74, 6) is 0.969. The van der Waals surface area contributed by atoms with E-state index in [-0.39, 0.29) is 5.91 Å². The molecule has 2 aromatic carbocycles. The topological polar surface area (TPSA) is 66.9 Å². The molecule has 0 radical (unpaired) electrons. The molecule has 0 saturated carbocycles. The molecule has 0 spiro atoms. The lowest BCUT2D eigenvalue weighted by atomic mass is 10.1. The fraction of sp³-hybridized carbons (Fsp3) is 0.227. The van der Waals surface area contributed by atoms with Gasteiger partial charge in [0.1, 0.15) is 0 Å². The lowest BCUT2D eigenvalue weighted by molar-refractivity contribution is 0.0949. The molecular formula is C22H24N4O. The summed E-state index contributed by atoms with van der Waals surface area (Å²) >= 11 is 0. The number of nitrogens with zero attached hydrogens (tertiary/aromatic N) is 2. The van der Waals surface area contributed by atoms with Gasteiger partial charge >= 0.3 is 0 Å². The van der Waals surface area contributed by atoms with Crippen LogP contribution >= 0.6 is 0 Å². The van der Waals surface area contributed by atoms with Gasteiger partial charge in [0.25, 0.3) is 5.91 Å². The lowest BCUT2D eigenvalue weighted by Crippen LogP contribution is -2.27. The highest BCUT2D eigenvalue weighted by atomic mass is 16.1. The van der Waals surface area contributed by atoms with Gasteiger partial charge < -0.3 is 10.6 Å². The van der Waals surface area contributed by atoms with Crippen LogP contribution in [0.15, 0.2) is 60.7 Å². The Kier molecular flexibility index (Phi) is 5.81. The Labute approximate surface area is 159 Å². The van der Waals surface area contributed by atoms with Gasteiger partial charge in [0, 0.05) is 23.4 Å². The Morgan fingerprint density at radius 2 is 1.81 bits per heavy atom. The second kappa shape index (κ2) is 8.45. The van der Waals surface area contributed by atoms with E-state index in [1.165, 1.54) is 5.56 Å². The maximum atomic E-state index is 12.2. The summed E-state index contributed by atoms with van der Waals surface area (Å²) < 4.78 is 0. The summed E-state index contributed by atoms with van der Waals surface area (Å²) in [4.78, 5) is 12.2. The average molecular weight is 360 g/mol. The molecule has 27 heavy (non-hydrogen) atoms. The molecule has 0 aliphatic heterocycles. The standard InChI is InChI=1S/C22H24N4O/c1-15(2)14-23-22(27)18-8-5-9-19(13-18)24-21-11-10-20(25-26-21)17-7-4-6-16(3)12-17/h4-13,15H,14H2,1-3H3,(H,23,27)(H,24,26). The summed E-state index contributed by atoms with van der Waals surface area (Å²) in [7, 11) is 0. The van der Waals surface area contributed by atoms with Gasteiger partial charge in [-0.2, -0.15) is 0 Å². The summed E-state index contributed by atoms with van der Waals surface area (Å²) in [6.45, 7) is 6.84. The maximum absolute atomic E-state index is 12.2.